The minimum atomic E-state index is -4.56. The fraction of sp³-hybridized carbons (Fsp3) is 0.455. The van der Waals surface area contributed by atoms with Crippen molar-refractivity contribution < 1.29 is 22.4 Å². The number of likely N-dealkylation sites (tertiary alicyclic amines) is 1. The molecule has 1 aromatic carbocycles. The second-order valence-electron chi connectivity index (χ2n) is 8.99. The summed E-state index contributed by atoms with van der Waals surface area (Å²) in [7, 11) is 1.63. The fourth-order valence-electron chi connectivity index (χ4n) is 5.26. The largest absolute Gasteiger partial charge is 0.423 e. The maximum atomic E-state index is 13.6. The number of nitrogens with zero attached hydrogens (tertiary/aromatic N) is 5. The summed E-state index contributed by atoms with van der Waals surface area (Å²) in [4.78, 5) is 15.0. The van der Waals surface area contributed by atoms with Crippen LogP contribution in [0.1, 0.15) is 43.5 Å². The van der Waals surface area contributed by atoms with E-state index >= 15 is 0 Å². The lowest BCUT2D eigenvalue weighted by atomic mass is 9.64. The van der Waals surface area contributed by atoms with E-state index in [1.165, 1.54) is 22.9 Å². The molecular formula is C22H23F3N6O2. The minimum Gasteiger partial charge on any atom is -0.423 e. The van der Waals surface area contributed by atoms with Gasteiger partial charge in [-0.3, -0.25) is 4.68 Å². The number of fused-ring (bicyclic) bond motifs is 2. The van der Waals surface area contributed by atoms with Gasteiger partial charge in [-0.15, -0.1) is 10.2 Å². The van der Waals surface area contributed by atoms with Gasteiger partial charge in [0.2, 0.25) is 11.8 Å². The maximum Gasteiger partial charge on any atom is 0.417 e. The Labute approximate surface area is 187 Å². The molecular weight excluding hydrogens is 437 g/mol. The molecule has 2 fully saturated rings. The van der Waals surface area contributed by atoms with Crippen molar-refractivity contribution in [1.29, 1.82) is 0 Å². The zero-order valence-corrected chi connectivity index (χ0v) is 18.3. The first-order chi connectivity index (χ1) is 15.6. The van der Waals surface area contributed by atoms with Crippen molar-refractivity contribution in [3.05, 3.63) is 47.8 Å². The third-order valence-electron chi connectivity index (χ3n) is 6.47. The summed E-state index contributed by atoms with van der Waals surface area (Å²) in [6, 6.07) is 4.64. The van der Waals surface area contributed by atoms with Gasteiger partial charge in [-0.25, -0.2) is 4.79 Å². The third-order valence-corrected chi connectivity index (χ3v) is 6.47. The van der Waals surface area contributed by atoms with Gasteiger partial charge in [0, 0.05) is 43.9 Å². The number of anilines is 1. The Bertz CT molecular complexity index is 1220. The molecule has 1 N–H and O–H groups in total. The van der Waals surface area contributed by atoms with E-state index in [0.717, 1.165) is 18.9 Å². The molecule has 2 amide bonds. The Morgan fingerprint density at radius 3 is 2.67 bits per heavy atom. The summed E-state index contributed by atoms with van der Waals surface area (Å²) >= 11 is 0. The number of alkyl halides is 3. The molecule has 3 aromatic rings. The Hall–Kier alpha value is -3.37. The number of nitrogens with one attached hydrogen (secondary N) is 1. The number of carbonyl (C=O) groups excluding carboxylic acids is 1. The molecule has 2 aliphatic rings. The summed E-state index contributed by atoms with van der Waals surface area (Å²) < 4.78 is 47.9. The molecule has 5 rings (SSSR count). The number of urea groups is 1. The molecule has 11 heteroatoms. The SMILES string of the molecule is Cc1nnc([C@]23CC(C)C[C@H](C2)N3C(=O)Nc2ccc(C(F)(F)F)c(-c3ccn(C)n3)c2)o1. The minimum absolute atomic E-state index is 0.00525. The van der Waals surface area contributed by atoms with Crippen LogP contribution in [0, 0.1) is 12.8 Å². The van der Waals surface area contributed by atoms with Gasteiger partial charge in [-0.05, 0) is 43.0 Å². The zero-order valence-electron chi connectivity index (χ0n) is 18.3. The third kappa shape index (κ3) is 3.55. The van der Waals surface area contributed by atoms with E-state index < -0.39 is 23.3 Å². The number of amides is 2. The molecule has 2 bridgehead atoms. The fourth-order valence-corrected chi connectivity index (χ4v) is 5.26. The first kappa shape index (κ1) is 21.5. The molecule has 8 nitrogen and oxygen atoms in total. The molecule has 1 unspecified atom stereocenters. The van der Waals surface area contributed by atoms with Crippen LogP contribution in [-0.2, 0) is 18.8 Å². The monoisotopic (exact) mass is 460 g/mol. The Balaban J connectivity index is 1.46. The van der Waals surface area contributed by atoms with Gasteiger partial charge in [-0.2, -0.15) is 18.3 Å². The Morgan fingerprint density at radius 1 is 1.24 bits per heavy atom. The van der Waals surface area contributed by atoms with Gasteiger partial charge in [0.25, 0.3) is 0 Å². The van der Waals surface area contributed by atoms with Crippen molar-refractivity contribution in [1.82, 2.24) is 24.9 Å². The topological polar surface area (TPSA) is 89.1 Å². The van der Waals surface area contributed by atoms with Crippen LogP contribution in [0.3, 0.4) is 0 Å². The van der Waals surface area contributed by atoms with Crippen LogP contribution >= 0.6 is 0 Å². The first-order valence-electron chi connectivity index (χ1n) is 10.7. The highest BCUT2D eigenvalue weighted by atomic mass is 19.4. The predicted molar refractivity (Wildman–Crippen MR) is 112 cm³/mol. The smallest absolute Gasteiger partial charge is 0.417 e. The summed E-state index contributed by atoms with van der Waals surface area (Å²) in [6.45, 7) is 3.82. The lowest BCUT2D eigenvalue weighted by Crippen LogP contribution is -2.70. The van der Waals surface area contributed by atoms with Crippen LogP contribution in [0.4, 0.5) is 23.7 Å². The van der Waals surface area contributed by atoms with E-state index in [4.69, 9.17) is 4.42 Å². The highest BCUT2D eigenvalue weighted by Crippen LogP contribution is 2.55. The predicted octanol–water partition coefficient (Wildman–Crippen LogP) is 4.73. The van der Waals surface area contributed by atoms with Gasteiger partial charge >= 0.3 is 12.2 Å². The molecule has 0 radical (unpaired) electrons. The lowest BCUT2D eigenvalue weighted by Gasteiger charge is -2.61. The van der Waals surface area contributed by atoms with E-state index in [-0.39, 0.29) is 23.0 Å². The number of benzene rings is 1. The molecule has 33 heavy (non-hydrogen) atoms. The van der Waals surface area contributed by atoms with Crippen molar-refractivity contribution >= 4 is 11.7 Å². The highest BCUT2D eigenvalue weighted by molar-refractivity contribution is 5.92. The van der Waals surface area contributed by atoms with Crippen LogP contribution in [0.25, 0.3) is 11.3 Å². The molecule has 174 valence electrons. The lowest BCUT2D eigenvalue weighted by molar-refractivity contribution is -0.137. The molecule has 1 aliphatic heterocycles. The number of aryl methyl sites for hydroxylation is 2. The van der Waals surface area contributed by atoms with Crippen molar-refractivity contribution in [2.24, 2.45) is 13.0 Å². The normalized spacial score (nSPS) is 24.5. The van der Waals surface area contributed by atoms with Crippen molar-refractivity contribution in [3.63, 3.8) is 0 Å². The van der Waals surface area contributed by atoms with Gasteiger partial charge < -0.3 is 14.6 Å². The number of hydrogen-bond acceptors (Lipinski definition) is 5. The van der Waals surface area contributed by atoms with E-state index in [0.29, 0.717) is 24.1 Å². The van der Waals surface area contributed by atoms with Crippen molar-refractivity contribution in [2.75, 3.05) is 5.32 Å². The molecule has 0 spiro atoms. The summed E-state index contributed by atoms with van der Waals surface area (Å²) in [6.07, 6.45) is -0.739. The molecule has 2 aromatic heterocycles. The number of piperidine rings is 1. The van der Waals surface area contributed by atoms with Gasteiger partial charge in [-0.1, -0.05) is 6.92 Å². The second kappa shape index (κ2) is 7.32. The van der Waals surface area contributed by atoms with Crippen LogP contribution in [-0.4, -0.2) is 37.0 Å². The number of hydrogen-bond donors (Lipinski definition) is 1. The Kier molecular flexibility index (Phi) is 4.77. The van der Waals surface area contributed by atoms with Gasteiger partial charge in [0.05, 0.1) is 11.3 Å². The van der Waals surface area contributed by atoms with Gasteiger partial charge in [0.15, 0.2) is 0 Å². The number of halogens is 3. The summed E-state index contributed by atoms with van der Waals surface area (Å²) in [5, 5.41) is 15.0. The standard InChI is InChI=1S/C22H23F3N6O2/c1-12-8-15-11-21(10-12,19-28-27-13(2)33-19)31(15)20(32)26-14-4-5-17(22(23,24)25)16(9-14)18-6-7-30(3)29-18/h4-7,9,12,15H,8,10-11H2,1-3H3,(H,26,32)/t12?,15-,21+/m1/s1. The van der Waals surface area contributed by atoms with Gasteiger partial charge in [0.1, 0.15) is 5.54 Å². The number of rotatable bonds is 3. The molecule has 1 aliphatic carbocycles. The molecule has 1 saturated heterocycles. The summed E-state index contributed by atoms with van der Waals surface area (Å²) in [5.41, 5.74) is -1.17. The zero-order chi connectivity index (χ0) is 23.5. The van der Waals surface area contributed by atoms with Crippen LogP contribution in [0.2, 0.25) is 0 Å². The maximum absolute atomic E-state index is 13.6. The van der Waals surface area contributed by atoms with Crippen LogP contribution in [0.15, 0.2) is 34.9 Å². The first-order valence-corrected chi connectivity index (χ1v) is 10.7. The average molecular weight is 460 g/mol. The van der Waals surface area contributed by atoms with Crippen molar-refractivity contribution in [3.8, 4) is 11.3 Å². The molecule has 3 atom stereocenters. The van der Waals surface area contributed by atoms with E-state index in [9.17, 15) is 18.0 Å². The van der Waals surface area contributed by atoms with E-state index in [1.807, 2.05) is 0 Å². The highest BCUT2D eigenvalue weighted by Gasteiger charge is 2.62. The van der Waals surface area contributed by atoms with E-state index in [1.54, 1.807) is 25.1 Å². The number of aromatic nitrogens is 4. The van der Waals surface area contributed by atoms with E-state index in [2.05, 4.69) is 27.5 Å². The molecule has 3 heterocycles. The second-order valence-corrected chi connectivity index (χ2v) is 8.99. The summed E-state index contributed by atoms with van der Waals surface area (Å²) in [5.74, 6) is 1.20. The van der Waals surface area contributed by atoms with Crippen molar-refractivity contribution in [2.45, 2.75) is 50.9 Å². The van der Waals surface area contributed by atoms with Crippen LogP contribution < -0.4 is 5.32 Å². The molecule has 1 saturated carbocycles. The average Bonchev–Trinajstić information content (AvgIpc) is 3.35. The number of carbonyl (C=O) groups is 1. The quantitative estimate of drug-likeness (QED) is 0.611. The Morgan fingerprint density at radius 2 is 2.03 bits per heavy atom. The van der Waals surface area contributed by atoms with Crippen LogP contribution in [0.5, 0.6) is 0 Å².